The van der Waals surface area contributed by atoms with E-state index in [4.69, 9.17) is 4.42 Å². The lowest BCUT2D eigenvalue weighted by Crippen LogP contribution is -2.25. The minimum atomic E-state index is 0.0551. The number of rotatable bonds is 2. The van der Waals surface area contributed by atoms with Crippen molar-refractivity contribution in [3.8, 4) is 0 Å². The molecule has 0 N–H and O–H groups in total. The average Bonchev–Trinajstić information content (AvgIpc) is 2.67. The van der Waals surface area contributed by atoms with Crippen molar-refractivity contribution in [3.63, 3.8) is 0 Å². The van der Waals surface area contributed by atoms with Crippen molar-refractivity contribution >= 4 is 6.29 Å². The summed E-state index contributed by atoms with van der Waals surface area (Å²) < 4.78 is 5.36. The number of oxazole rings is 1. The Labute approximate surface area is 83.5 Å². The second-order valence-electron chi connectivity index (χ2n) is 4.32. The van der Waals surface area contributed by atoms with Gasteiger partial charge in [-0.15, -0.1) is 0 Å². The van der Waals surface area contributed by atoms with Gasteiger partial charge in [0, 0.05) is 5.41 Å². The summed E-state index contributed by atoms with van der Waals surface area (Å²) in [6, 6.07) is 0. The molecule has 0 spiro atoms. The van der Waals surface area contributed by atoms with Gasteiger partial charge in [-0.25, -0.2) is 4.98 Å². The van der Waals surface area contributed by atoms with Crippen molar-refractivity contribution in [3.05, 3.63) is 17.8 Å². The first kappa shape index (κ1) is 9.44. The lowest BCUT2D eigenvalue weighted by atomic mass is 9.76. The molecule has 1 aliphatic rings. The standard InChI is InChI=1S/C11H15NO2/c1-11(5-3-2-4-6-11)10-12-9(7-13)8-14-10/h7-8H,2-6H2,1H3. The third kappa shape index (κ3) is 1.59. The second kappa shape index (κ2) is 3.56. The van der Waals surface area contributed by atoms with Crippen LogP contribution in [0.4, 0.5) is 0 Å². The maximum absolute atomic E-state index is 10.5. The van der Waals surface area contributed by atoms with Gasteiger partial charge in [0.25, 0.3) is 0 Å². The van der Waals surface area contributed by atoms with Crippen LogP contribution >= 0.6 is 0 Å². The van der Waals surface area contributed by atoms with Crippen LogP contribution in [0, 0.1) is 0 Å². The Bertz CT molecular complexity index is 324. The zero-order chi connectivity index (χ0) is 10.0. The number of aromatic nitrogens is 1. The molecule has 1 fully saturated rings. The van der Waals surface area contributed by atoms with Crippen molar-refractivity contribution in [2.24, 2.45) is 0 Å². The van der Waals surface area contributed by atoms with Crippen LogP contribution in [0.3, 0.4) is 0 Å². The Morgan fingerprint density at radius 2 is 2.14 bits per heavy atom. The number of carbonyl (C=O) groups excluding carboxylic acids is 1. The van der Waals surface area contributed by atoms with Crippen molar-refractivity contribution in [1.82, 2.24) is 4.98 Å². The van der Waals surface area contributed by atoms with E-state index in [0.717, 1.165) is 25.0 Å². The molecule has 0 aliphatic heterocycles. The summed E-state index contributed by atoms with van der Waals surface area (Å²) in [5, 5.41) is 0. The first-order valence-electron chi connectivity index (χ1n) is 5.16. The summed E-state index contributed by atoms with van der Waals surface area (Å²) in [5.74, 6) is 0.735. The molecule has 0 saturated heterocycles. The molecule has 0 aromatic carbocycles. The van der Waals surface area contributed by atoms with E-state index in [9.17, 15) is 4.79 Å². The Kier molecular flexibility index (Phi) is 2.40. The van der Waals surface area contributed by atoms with Crippen molar-refractivity contribution in [2.75, 3.05) is 0 Å². The highest BCUT2D eigenvalue weighted by molar-refractivity contribution is 5.70. The predicted molar refractivity (Wildman–Crippen MR) is 52.3 cm³/mol. The lowest BCUT2D eigenvalue weighted by Gasteiger charge is -2.30. The van der Waals surface area contributed by atoms with Crippen LogP contribution in [0.1, 0.15) is 55.4 Å². The van der Waals surface area contributed by atoms with Gasteiger partial charge in [-0.1, -0.05) is 26.2 Å². The van der Waals surface area contributed by atoms with E-state index in [1.807, 2.05) is 0 Å². The van der Waals surface area contributed by atoms with Gasteiger partial charge >= 0.3 is 0 Å². The minimum absolute atomic E-state index is 0.0551. The third-order valence-electron chi connectivity index (χ3n) is 3.12. The SMILES string of the molecule is CC1(c2nc(C=O)co2)CCCCC1. The Balaban J connectivity index is 2.23. The van der Waals surface area contributed by atoms with Crippen LogP contribution < -0.4 is 0 Å². The van der Waals surface area contributed by atoms with Gasteiger partial charge in [0.2, 0.25) is 5.89 Å². The maximum atomic E-state index is 10.5. The number of aldehydes is 1. The van der Waals surface area contributed by atoms with E-state index < -0.39 is 0 Å². The van der Waals surface area contributed by atoms with Crippen LogP contribution in [0.2, 0.25) is 0 Å². The summed E-state index contributed by atoms with van der Waals surface area (Å²) in [6.45, 7) is 2.17. The van der Waals surface area contributed by atoms with E-state index in [-0.39, 0.29) is 5.41 Å². The van der Waals surface area contributed by atoms with Gasteiger partial charge in [0.15, 0.2) is 6.29 Å². The fourth-order valence-corrected chi connectivity index (χ4v) is 2.16. The van der Waals surface area contributed by atoms with E-state index >= 15 is 0 Å². The highest BCUT2D eigenvalue weighted by Crippen LogP contribution is 2.38. The Morgan fingerprint density at radius 1 is 1.43 bits per heavy atom. The average molecular weight is 193 g/mol. The molecule has 14 heavy (non-hydrogen) atoms. The molecule has 1 saturated carbocycles. The normalized spacial score (nSPS) is 20.6. The topological polar surface area (TPSA) is 43.1 Å². The maximum Gasteiger partial charge on any atom is 0.200 e. The van der Waals surface area contributed by atoms with Crippen LogP contribution in [0.5, 0.6) is 0 Å². The van der Waals surface area contributed by atoms with E-state index in [1.54, 1.807) is 0 Å². The number of hydrogen-bond acceptors (Lipinski definition) is 3. The smallest absolute Gasteiger partial charge is 0.200 e. The van der Waals surface area contributed by atoms with E-state index in [2.05, 4.69) is 11.9 Å². The molecular weight excluding hydrogens is 178 g/mol. The molecule has 0 amide bonds. The van der Waals surface area contributed by atoms with Gasteiger partial charge in [-0.2, -0.15) is 0 Å². The number of nitrogens with zero attached hydrogens (tertiary/aromatic N) is 1. The summed E-state index contributed by atoms with van der Waals surface area (Å²) in [6.07, 6.45) is 8.18. The summed E-state index contributed by atoms with van der Waals surface area (Å²) in [4.78, 5) is 14.7. The fraction of sp³-hybridized carbons (Fsp3) is 0.636. The van der Waals surface area contributed by atoms with E-state index in [0.29, 0.717) is 5.69 Å². The van der Waals surface area contributed by atoms with Gasteiger partial charge in [-0.3, -0.25) is 4.79 Å². The molecule has 1 aromatic heterocycles. The summed E-state index contributed by atoms with van der Waals surface area (Å²) in [7, 11) is 0. The van der Waals surface area contributed by atoms with Crippen molar-refractivity contribution < 1.29 is 9.21 Å². The van der Waals surface area contributed by atoms with Gasteiger partial charge in [0.05, 0.1) is 0 Å². The van der Waals surface area contributed by atoms with Gasteiger partial charge in [-0.05, 0) is 12.8 Å². The quantitative estimate of drug-likeness (QED) is 0.678. The number of hydrogen-bond donors (Lipinski definition) is 0. The van der Waals surface area contributed by atoms with Gasteiger partial charge in [0.1, 0.15) is 12.0 Å². The van der Waals surface area contributed by atoms with Crippen molar-refractivity contribution in [1.29, 1.82) is 0 Å². The van der Waals surface area contributed by atoms with Crippen LogP contribution in [0.15, 0.2) is 10.7 Å². The number of carbonyl (C=O) groups is 1. The minimum Gasteiger partial charge on any atom is -0.448 e. The first-order valence-corrected chi connectivity index (χ1v) is 5.16. The highest BCUT2D eigenvalue weighted by atomic mass is 16.3. The van der Waals surface area contributed by atoms with Gasteiger partial charge < -0.3 is 4.42 Å². The Hall–Kier alpha value is -1.12. The monoisotopic (exact) mass is 193 g/mol. The molecule has 0 radical (unpaired) electrons. The molecule has 3 heteroatoms. The molecule has 0 atom stereocenters. The van der Waals surface area contributed by atoms with Crippen LogP contribution in [-0.2, 0) is 5.41 Å². The molecule has 1 aliphatic carbocycles. The molecule has 2 rings (SSSR count). The third-order valence-corrected chi connectivity index (χ3v) is 3.12. The van der Waals surface area contributed by atoms with Crippen LogP contribution in [-0.4, -0.2) is 11.3 Å². The fourth-order valence-electron chi connectivity index (χ4n) is 2.16. The summed E-state index contributed by atoms with van der Waals surface area (Å²) in [5.41, 5.74) is 0.464. The highest BCUT2D eigenvalue weighted by Gasteiger charge is 2.33. The van der Waals surface area contributed by atoms with Crippen molar-refractivity contribution in [2.45, 2.75) is 44.4 Å². The molecule has 0 unspecified atom stereocenters. The Morgan fingerprint density at radius 3 is 2.71 bits per heavy atom. The first-order chi connectivity index (χ1) is 6.74. The molecule has 1 aromatic rings. The van der Waals surface area contributed by atoms with E-state index in [1.165, 1.54) is 25.5 Å². The van der Waals surface area contributed by atoms with Crippen LogP contribution in [0.25, 0.3) is 0 Å². The molecule has 1 heterocycles. The molecule has 76 valence electrons. The molecule has 3 nitrogen and oxygen atoms in total. The largest absolute Gasteiger partial charge is 0.448 e. The predicted octanol–water partition coefficient (Wildman–Crippen LogP) is 2.71. The molecule has 0 bridgehead atoms. The summed E-state index contributed by atoms with van der Waals surface area (Å²) >= 11 is 0. The molecular formula is C11H15NO2. The lowest BCUT2D eigenvalue weighted by molar-refractivity contribution is 0.111. The second-order valence-corrected chi connectivity index (χ2v) is 4.32. The zero-order valence-electron chi connectivity index (χ0n) is 8.45. The zero-order valence-corrected chi connectivity index (χ0v) is 8.45.